The number of amides is 1. The number of nitrogens with one attached hydrogen (secondary N) is 1. The zero-order chi connectivity index (χ0) is 13.5. The van der Waals surface area contributed by atoms with Crippen molar-refractivity contribution in [2.45, 2.75) is 17.9 Å². The van der Waals surface area contributed by atoms with Gasteiger partial charge in [-0.25, -0.2) is 4.79 Å². The second-order valence-corrected chi connectivity index (χ2v) is 5.10. The van der Waals surface area contributed by atoms with E-state index in [0.29, 0.717) is 4.90 Å². The summed E-state index contributed by atoms with van der Waals surface area (Å²) in [5, 5.41) is 2.42. The normalized spacial score (nSPS) is 13.4. The first-order valence-corrected chi connectivity index (χ1v) is 6.65. The molecule has 0 saturated carbocycles. The van der Waals surface area contributed by atoms with E-state index in [4.69, 9.17) is 0 Å². The molecule has 2 atom stereocenters. The largest absolute Gasteiger partial charge is 0.467 e. The van der Waals surface area contributed by atoms with Crippen LogP contribution in [0, 0.1) is 0 Å². The highest BCUT2D eigenvalue weighted by Gasteiger charge is 2.23. The lowest BCUT2D eigenvalue weighted by Crippen LogP contribution is -2.44. The van der Waals surface area contributed by atoms with Gasteiger partial charge >= 0.3 is 5.97 Å². The van der Waals surface area contributed by atoms with Gasteiger partial charge in [-0.2, -0.15) is 0 Å². The highest BCUT2D eigenvalue weighted by atomic mass is 32.2. The summed E-state index contributed by atoms with van der Waals surface area (Å²) in [5.41, 5.74) is 0. The average Bonchev–Trinajstić information content (AvgIpc) is 2.37. The summed E-state index contributed by atoms with van der Waals surface area (Å²) in [6.07, 6.45) is 0. The number of benzene rings is 1. The molecule has 0 aliphatic carbocycles. The fraction of sp³-hybridized carbons (Fsp3) is 0.333. The summed E-state index contributed by atoms with van der Waals surface area (Å²) in [4.78, 5) is 23.0. The molecule has 0 aromatic heterocycles. The van der Waals surface area contributed by atoms with Gasteiger partial charge in [-0.15, -0.1) is 0 Å². The van der Waals surface area contributed by atoms with Crippen molar-refractivity contribution in [1.29, 1.82) is 0 Å². The number of methoxy groups -OCH3 is 1. The molecule has 0 spiro atoms. The van der Waals surface area contributed by atoms with E-state index in [1.54, 1.807) is 24.3 Å². The third kappa shape index (κ3) is 4.29. The zero-order valence-corrected chi connectivity index (χ0v) is 11.0. The fourth-order valence-corrected chi connectivity index (χ4v) is 2.55. The molecular formula is C12H15NO4S. The van der Waals surface area contributed by atoms with Crippen LogP contribution in [-0.4, -0.2) is 35.0 Å². The van der Waals surface area contributed by atoms with Crippen molar-refractivity contribution >= 4 is 22.7 Å². The van der Waals surface area contributed by atoms with E-state index in [1.807, 2.05) is 6.07 Å². The molecule has 0 bridgehead atoms. The van der Waals surface area contributed by atoms with Crippen LogP contribution in [0.1, 0.15) is 6.92 Å². The van der Waals surface area contributed by atoms with Gasteiger partial charge in [-0.3, -0.25) is 9.00 Å². The molecule has 2 unspecified atom stereocenters. The van der Waals surface area contributed by atoms with E-state index in [0.717, 1.165) is 0 Å². The maximum absolute atomic E-state index is 12.0. The number of rotatable bonds is 5. The van der Waals surface area contributed by atoms with Gasteiger partial charge in [0.1, 0.15) is 6.04 Å². The molecule has 0 aliphatic rings. The number of carbonyl (C=O) groups excluding carboxylic acids is 2. The van der Waals surface area contributed by atoms with Crippen LogP contribution in [0.3, 0.4) is 0 Å². The van der Waals surface area contributed by atoms with Crippen LogP contribution in [0.25, 0.3) is 0 Å². The quantitative estimate of drug-likeness (QED) is 0.789. The van der Waals surface area contributed by atoms with Gasteiger partial charge in [0, 0.05) is 11.8 Å². The van der Waals surface area contributed by atoms with Crippen LogP contribution in [-0.2, 0) is 25.1 Å². The Bertz CT molecular complexity index is 447. The molecule has 18 heavy (non-hydrogen) atoms. The van der Waals surface area contributed by atoms with E-state index in [9.17, 15) is 13.8 Å². The van der Waals surface area contributed by atoms with Crippen molar-refractivity contribution in [2.24, 2.45) is 0 Å². The Morgan fingerprint density at radius 3 is 2.44 bits per heavy atom. The van der Waals surface area contributed by atoms with Gasteiger partial charge in [0.05, 0.1) is 23.7 Å². The Morgan fingerprint density at radius 2 is 1.94 bits per heavy atom. The summed E-state index contributed by atoms with van der Waals surface area (Å²) < 4.78 is 16.6. The molecule has 0 radical (unpaired) electrons. The Balaban J connectivity index is 2.74. The predicted molar refractivity (Wildman–Crippen MR) is 67.3 cm³/mol. The summed E-state index contributed by atoms with van der Waals surface area (Å²) in [6, 6.07) is 7.86. The van der Waals surface area contributed by atoms with Crippen molar-refractivity contribution in [2.75, 3.05) is 12.9 Å². The number of hydrogen-bond acceptors (Lipinski definition) is 4. The van der Waals surface area contributed by atoms with E-state index in [1.165, 1.54) is 14.0 Å². The maximum atomic E-state index is 12.0. The van der Waals surface area contributed by atoms with Crippen LogP contribution in [0.5, 0.6) is 0 Å². The minimum absolute atomic E-state index is 0.00370. The smallest absolute Gasteiger partial charge is 0.329 e. The maximum Gasteiger partial charge on any atom is 0.329 e. The van der Waals surface area contributed by atoms with Gasteiger partial charge in [0.15, 0.2) is 0 Å². The lowest BCUT2D eigenvalue weighted by molar-refractivity contribution is -0.144. The van der Waals surface area contributed by atoms with Crippen LogP contribution in [0.2, 0.25) is 0 Å². The van der Waals surface area contributed by atoms with Crippen molar-refractivity contribution in [3.8, 4) is 0 Å². The lowest BCUT2D eigenvalue weighted by atomic mass is 10.3. The molecule has 1 N–H and O–H groups in total. The fourth-order valence-electron chi connectivity index (χ4n) is 1.38. The zero-order valence-electron chi connectivity index (χ0n) is 10.2. The van der Waals surface area contributed by atoms with Crippen molar-refractivity contribution in [3.05, 3.63) is 30.3 Å². The Labute approximate surface area is 108 Å². The lowest BCUT2D eigenvalue weighted by Gasteiger charge is -2.14. The second kappa shape index (κ2) is 6.90. The van der Waals surface area contributed by atoms with Crippen LogP contribution in [0.15, 0.2) is 35.2 Å². The Morgan fingerprint density at radius 1 is 1.33 bits per heavy atom. The number of carbonyl (C=O) groups is 2. The summed E-state index contributed by atoms with van der Waals surface area (Å²) in [5.74, 6) is -0.971. The highest BCUT2D eigenvalue weighted by Crippen LogP contribution is 2.07. The highest BCUT2D eigenvalue weighted by molar-refractivity contribution is 7.85. The van der Waals surface area contributed by atoms with Crippen LogP contribution < -0.4 is 5.32 Å². The monoisotopic (exact) mass is 269 g/mol. The van der Waals surface area contributed by atoms with Crippen LogP contribution in [0.4, 0.5) is 0 Å². The van der Waals surface area contributed by atoms with Gasteiger partial charge in [-0.05, 0) is 12.1 Å². The molecule has 0 heterocycles. The summed E-state index contributed by atoms with van der Waals surface area (Å²) >= 11 is 0. The summed E-state index contributed by atoms with van der Waals surface area (Å²) in [6.45, 7) is 1.29. The van der Waals surface area contributed by atoms with E-state index in [-0.39, 0.29) is 11.7 Å². The number of hydrogen-bond donors (Lipinski definition) is 1. The molecule has 0 aliphatic heterocycles. The molecule has 1 aromatic carbocycles. The summed E-state index contributed by atoms with van der Waals surface area (Å²) in [7, 11) is -0.143. The molecule has 98 valence electrons. The first kappa shape index (κ1) is 14.4. The topological polar surface area (TPSA) is 72.5 Å². The predicted octanol–water partition coefficient (Wildman–Crippen LogP) is 0.472. The molecule has 1 rings (SSSR count). The average molecular weight is 269 g/mol. The van der Waals surface area contributed by atoms with E-state index in [2.05, 4.69) is 10.1 Å². The van der Waals surface area contributed by atoms with E-state index >= 15 is 0 Å². The number of ether oxygens (including phenoxy) is 1. The van der Waals surface area contributed by atoms with E-state index < -0.39 is 22.8 Å². The molecule has 6 heteroatoms. The third-order valence-electron chi connectivity index (χ3n) is 2.19. The van der Waals surface area contributed by atoms with Crippen molar-refractivity contribution < 1.29 is 18.5 Å². The van der Waals surface area contributed by atoms with Crippen LogP contribution >= 0.6 is 0 Å². The second-order valence-electron chi connectivity index (χ2n) is 3.60. The minimum atomic E-state index is -1.37. The third-order valence-corrected chi connectivity index (χ3v) is 3.62. The standard InChI is InChI=1S/C12H15NO4S/c1-9(14)13-11(12(15)17-2)8-18(16)10-6-4-3-5-7-10/h3-7,11H,8H2,1-2H3,(H,13,14). The first-order chi connectivity index (χ1) is 8.54. The van der Waals surface area contributed by atoms with Crippen molar-refractivity contribution in [3.63, 3.8) is 0 Å². The van der Waals surface area contributed by atoms with Gasteiger partial charge in [0.2, 0.25) is 5.91 Å². The molecular weight excluding hydrogens is 254 g/mol. The van der Waals surface area contributed by atoms with Crippen molar-refractivity contribution in [1.82, 2.24) is 5.32 Å². The van der Waals surface area contributed by atoms with Gasteiger partial charge in [-0.1, -0.05) is 18.2 Å². The van der Waals surface area contributed by atoms with Gasteiger partial charge < -0.3 is 10.1 Å². The Kier molecular flexibility index (Phi) is 5.51. The molecule has 5 nitrogen and oxygen atoms in total. The molecule has 0 fully saturated rings. The van der Waals surface area contributed by atoms with Gasteiger partial charge in [0.25, 0.3) is 0 Å². The molecule has 0 saturated heterocycles. The first-order valence-electron chi connectivity index (χ1n) is 5.33. The molecule has 1 amide bonds. The number of esters is 1. The minimum Gasteiger partial charge on any atom is -0.467 e. The Hall–Kier alpha value is -1.69. The molecule has 1 aromatic rings. The SMILES string of the molecule is COC(=O)C(CS(=O)c1ccccc1)NC(C)=O.